The van der Waals surface area contributed by atoms with Gasteiger partial charge in [-0.05, 0) is 35.4 Å². The fourth-order valence-electron chi connectivity index (χ4n) is 2.15. The molecule has 0 aliphatic carbocycles. The van der Waals surface area contributed by atoms with Crippen molar-refractivity contribution in [2.75, 3.05) is 0 Å². The fraction of sp³-hybridized carbons (Fsp3) is 0.118. The molecule has 1 atom stereocenters. The predicted octanol–water partition coefficient (Wildman–Crippen LogP) is 4.66. The number of nitrogens with zero attached hydrogens (tertiary/aromatic N) is 1. The molecule has 3 aromatic rings. The van der Waals surface area contributed by atoms with Gasteiger partial charge in [0, 0.05) is 16.5 Å². The van der Waals surface area contributed by atoms with Crippen LogP contribution in [-0.2, 0) is 6.61 Å². The van der Waals surface area contributed by atoms with Gasteiger partial charge in [-0.15, -0.1) is 23.1 Å². The molecular weight excluding hydrogens is 317 g/mol. The minimum Gasteiger partial charge on any atom is -0.392 e. The van der Waals surface area contributed by atoms with Gasteiger partial charge in [0.2, 0.25) is 0 Å². The van der Waals surface area contributed by atoms with Crippen molar-refractivity contribution in [1.82, 2.24) is 4.98 Å². The molecule has 3 rings (SSSR count). The summed E-state index contributed by atoms with van der Waals surface area (Å²) in [5.74, 6) is -0.247. The first kappa shape index (κ1) is 15.2. The molecule has 2 aromatic carbocycles. The van der Waals surface area contributed by atoms with E-state index in [0.717, 1.165) is 21.0 Å². The van der Waals surface area contributed by atoms with Gasteiger partial charge in [0.15, 0.2) is 0 Å². The molecule has 0 radical (unpaired) electrons. The van der Waals surface area contributed by atoms with E-state index in [9.17, 15) is 9.50 Å². The number of rotatable bonds is 5. The minimum atomic E-state index is -0.247. The monoisotopic (exact) mass is 331 g/mol. The summed E-state index contributed by atoms with van der Waals surface area (Å²) >= 11 is 3.17. The topological polar surface area (TPSA) is 33.1 Å². The summed E-state index contributed by atoms with van der Waals surface area (Å²) in [6, 6.07) is 14.4. The van der Waals surface area contributed by atoms with Crippen molar-refractivity contribution in [3.8, 4) is 0 Å². The summed E-state index contributed by atoms with van der Waals surface area (Å²) in [5.41, 5.74) is 1.75. The molecule has 1 aromatic heterocycles. The highest BCUT2D eigenvalue weighted by atomic mass is 32.2. The van der Waals surface area contributed by atoms with Crippen LogP contribution in [0, 0.1) is 5.82 Å². The van der Waals surface area contributed by atoms with Crippen LogP contribution in [0.1, 0.15) is 21.4 Å². The maximum atomic E-state index is 13.6. The Morgan fingerprint density at radius 3 is 2.77 bits per heavy atom. The van der Waals surface area contributed by atoms with Crippen molar-refractivity contribution in [2.45, 2.75) is 16.8 Å². The van der Waals surface area contributed by atoms with E-state index in [4.69, 9.17) is 0 Å². The second-order valence-electron chi connectivity index (χ2n) is 4.73. The molecule has 1 heterocycles. The number of aromatic nitrogens is 1. The number of thiazole rings is 1. The van der Waals surface area contributed by atoms with E-state index in [0.29, 0.717) is 0 Å². The molecular formula is C17H14FNOS2. The number of thioether (sulfide) groups is 1. The van der Waals surface area contributed by atoms with Gasteiger partial charge in [-0.3, -0.25) is 0 Å². The normalized spacial score (nSPS) is 12.3. The highest BCUT2D eigenvalue weighted by molar-refractivity contribution is 7.99. The molecule has 0 aliphatic heterocycles. The molecule has 0 saturated carbocycles. The van der Waals surface area contributed by atoms with Crippen LogP contribution in [0.25, 0.3) is 0 Å². The molecule has 112 valence electrons. The Morgan fingerprint density at radius 1 is 1.18 bits per heavy atom. The van der Waals surface area contributed by atoms with Gasteiger partial charge in [-0.1, -0.05) is 24.3 Å². The maximum absolute atomic E-state index is 13.6. The third-order valence-corrected chi connectivity index (χ3v) is 5.41. The standard InChI is InChI=1S/C17H14FNOS2/c18-14-5-2-4-13(10-14)16(17-19-7-8-21-17)22-15-6-1-3-12(9-15)11-20/h1-10,16,20H,11H2. The van der Waals surface area contributed by atoms with Crippen LogP contribution >= 0.6 is 23.1 Å². The first-order chi connectivity index (χ1) is 10.8. The maximum Gasteiger partial charge on any atom is 0.123 e. The lowest BCUT2D eigenvalue weighted by atomic mass is 10.1. The second-order valence-corrected chi connectivity index (χ2v) is 6.83. The van der Waals surface area contributed by atoms with Gasteiger partial charge in [-0.2, -0.15) is 0 Å². The minimum absolute atomic E-state index is 0.0102. The summed E-state index contributed by atoms with van der Waals surface area (Å²) in [6.07, 6.45) is 1.76. The molecule has 0 aliphatic rings. The third kappa shape index (κ3) is 3.55. The van der Waals surface area contributed by atoms with Gasteiger partial charge in [0.1, 0.15) is 10.8 Å². The number of hydrogen-bond acceptors (Lipinski definition) is 4. The lowest BCUT2D eigenvalue weighted by molar-refractivity contribution is 0.281. The average molecular weight is 331 g/mol. The van der Waals surface area contributed by atoms with E-state index in [-0.39, 0.29) is 17.7 Å². The van der Waals surface area contributed by atoms with Gasteiger partial charge in [-0.25, -0.2) is 9.37 Å². The van der Waals surface area contributed by atoms with Crippen LogP contribution < -0.4 is 0 Å². The van der Waals surface area contributed by atoms with Crippen molar-refractivity contribution in [1.29, 1.82) is 0 Å². The Balaban J connectivity index is 1.95. The van der Waals surface area contributed by atoms with Crippen molar-refractivity contribution >= 4 is 23.1 Å². The van der Waals surface area contributed by atoms with Gasteiger partial charge >= 0.3 is 0 Å². The van der Waals surface area contributed by atoms with E-state index in [1.165, 1.54) is 6.07 Å². The molecule has 0 fully saturated rings. The van der Waals surface area contributed by atoms with Crippen LogP contribution in [0.5, 0.6) is 0 Å². The van der Waals surface area contributed by atoms with Crippen LogP contribution in [0.15, 0.2) is 65.0 Å². The van der Waals surface area contributed by atoms with E-state index in [1.54, 1.807) is 41.4 Å². The first-order valence-electron chi connectivity index (χ1n) is 6.77. The Hall–Kier alpha value is -1.69. The second kappa shape index (κ2) is 7.05. The van der Waals surface area contributed by atoms with Crippen LogP contribution in [0.4, 0.5) is 4.39 Å². The lowest BCUT2D eigenvalue weighted by Gasteiger charge is -2.15. The zero-order valence-electron chi connectivity index (χ0n) is 11.6. The molecule has 2 nitrogen and oxygen atoms in total. The Kier molecular flexibility index (Phi) is 4.87. The molecule has 0 spiro atoms. The highest BCUT2D eigenvalue weighted by Crippen LogP contribution is 2.41. The Labute approximate surface area is 136 Å². The first-order valence-corrected chi connectivity index (χ1v) is 8.53. The Bertz CT molecular complexity index is 746. The molecule has 1 unspecified atom stereocenters. The fourth-order valence-corrected chi connectivity index (χ4v) is 4.19. The number of benzene rings is 2. The molecule has 22 heavy (non-hydrogen) atoms. The number of halogens is 1. The smallest absolute Gasteiger partial charge is 0.123 e. The largest absolute Gasteiger partial charge is 0.392 e. The summed E-state index contributed by atoms with van der Waals surface area (Å²) in [7, 11) is 0. The van der Waals surface area contributed by atoms with Gasteiger partial charge in [0.25, 0.3) is 0 Å². The summed E-state index contributed by atoms with van der Waals surface area (Å²) in [5, 5.41) is 12.1. The van der Waals surface area contributed by atoms with Crippen molar-refractivity contribution in [3.63, 3.8) is 0 Å². The number of hydrogen-bond donors (Lipinski definition) is 1. The highest BCUT2D eigenvalue weighted by Gasteiger charge is 2.19. The van der Waals surface area contributed by atoms with Crippen molar-refractivity contribution in [2.24, 2.45) is 0 Å². The summed E-state index contributed by atoms with van der Waals surface area (Å²) < 4.78 is 13.6. The molecule has 0 amide bonds. The van der Waals surface area contributed by atoms with Crippen molar-refractivity contribution in [3.05, 3.63) is 82.1 Å². The zero-order chi connectivity index (χ0) is 15.4. The lowest BCUT2D eigenvalue weighted by Crippen LogP contribution is -1.97. The van der Waals surface area contributed by atoms with E-state index >= 15 is 0 Å². The van der Waals surface area contributed by atoms with Gasteiger partial charge < -0.3 is 5.11 Å². The SMILES string of the molecule is OCc1cccc(SC(c2cccc(F)c2)c2nccs2)c1. The van der Waals surface area contributed by atoms with Crippen LogP contribution in [0.3, 0.4) is 0 Å². The molecule has 5 heteroatoms. The molecule has 0 bridgehead atoms. The van der Waals surface area contributed by atoms with E-state index < -0.39 is 0 Å². The number of aliphatic hydroxyl groups is 1. The summed E-state index contributed by atoms with van der Waals surface area (Å²) in [6.45, 7) is 0.0102. The van der Waals surface area contributed by atoms with Gasteiger partial charge in [0.05, 0.1) is 11.9 Å². The van der Waals surface area contributed by atoms with Crippen LogP contribution in [0.2, 0.25) is 0 Å². The predicted molar refractivity (Wildman–Crippen MR) is 88.6 cm³/mol. The molecule has 1 N–H and O–H groups in total. The quantitative estimate of drug-likeness (QED) is 0.691. The van der Waals surface area contributed by atoms with E-state index in [2.05, 4.69) is 4.98 Å². The Morgan fingerprint density at radius 2 is 2.05 bits per heavy atom. The third-order valence-electron chi connectivity index (χ3n) is 3.16. The van der Waals surface area contributed by atoms with Crippen molar-refractivity contribution < 1.29 is 9.50 Å². The molecule has 0 saturated heterocycles. The zero-order valence-corrected chi connectivity index (χ0v) is 13.3. The average Bonchev–Trinajstić information content (AvgIpc) is 3.07. The van der Waals surface area contributed by atoms with E-state index in [1.807, 2.05) is 35.7 Å². The summed E-state index contributed by atoms with van der Waals surface area (Å²) in [4.78, 5) is 5.41. The van der Waals surface area contributed by atoms with Crippen LogP contribution in [-0.4, -0.2) is 10.1 Å². The number of aliphatic hydroxyl groups excluding tert-OH is 1.